The zero-order valence-corrected chi connectivity index (χ0v) is 21.5. The summed E-state index contributed by atoms with van der Waals surface area (Å²) < 4.78 is 32.9. The van der Waals surface area contributed by atoms with Crippen LogP contribution in [0.15, 0.2) is 53.2 Å². The molecule has 0 fully saturated rings. The molecule has 0 amide bonds. The number of ketones is 1. The van der Waals surface area contributed by atoms with E-state index < -0.39 is 0 Å². The first-order valence-electron chi connectivity index (χ1n) is 11.9. The Kier molecular flexibility index (Phi) is 9.63. The fourth-order valence-corrected chi connectivity index (χ4v) is 3.46. The van der Waals surface area contributed by atoms with Crippen LogP contribution in [0, 0.1) is 11.6 Å². The molecule has 2 heterocycles. The van der Waals surface area contributed by atoms with Crippen molar-refractivity contribution in [1.29, 1.82) is 0 Å². The van der Waals surface area contributed by atoms with Gasteiger partial charge in [-0.25, -0.2) is 8.78 Å². The Morgan fingerprint density at radius 1 is 0.868 bits per heavy atom. The van der Waals surface area contributed by atoms with E-state index in [1.807, 2.05) is 32.9 Å². The van der Waals surface area contributed by atoms with Gasteiger partial charge in [-0.3, -0.25) is 15.6 Å². The number of rotatable bonds is 8. The van der Waals surface area contributed by atoms with Crippen molar-refractivity contribution in [2.45, 2.75) is 40.5 Å². The molecule has 1 aromatic heterocycles. The van der Waals surface area contributed by atoms with E-state index in [1.165, 1.54) is 19.1 Å². The van der Waals surface area contributed by atoms with Crippen molar-refractivity contribution in [3.8, 4) is 11.4 Å². The highest BCUT2D eigenvalue weighted by molar-refractivity contribution is 6.38. The van der Waals surface area contributed by atoms with Crippen molar-refractivity contribution in [2.24, 2.45) is 10.2 Å². The minimum atomic E-state index is -0.385. The zero-order valence-electron chi connectivity index (χ0n) is 21.5. The molecule has 2 N–H and O–H groups in total. The molecule has 0 bridgehead atoms. The summed E-state index contributed by atoms with van der Waals surface area (Å²) in [6, 6.07) is 9.69. The highest BCUT2D eigenvalue weighted by Gasteiger charge is 2.18. The van der Waals surface area contributed by atoms with E-state index in [4.69, 9.17) is 4.74 Å². The quantitative estimate of drug-likeness (QED) is 0.428. The molecule has 2 aromatic carbocycles. The zero-order chi connectivity index (χ0) is 27.7. The van der Waals surface area contributed by atoms with Crippen molar-refractivity contribution in [1.82, 2.24) is 31.2 Å². The molecule has 10 nitrogen and oxygen atoms in total. The van der Waals surface area contributed by atoms with Crippen LogP contribution in [0.25, 0.3) is 17.1 Å². The first-order chi connectivity index (χ1) is 18.3. The van der Waals surface area contributed by atoms with Gasteiger partial charge in [-0.05, 0) is 43.0 Å². The number of carbonyl (C=O) groups excluding carboxylic acids is 1. The van der Waals surface area contributed by atoms with Crippen LogP contribution in [0.3, 0.4) is 0 Å². The molecule has 198 valence electrons. The molecule has 4 rings (SSSR count). The molecule has 0 spiro atoms. The van der Waals surface area contributed by atoms with Crippen molar-refractivity contribution in [2.75, 3.05) is 6.61 Å². The standard InChI is InChI=1S/C14H15FN4O.C12H13FN4O/c1-4-10-7-6-8-11(15)12(10)14-18-16-13(17-19-14)9(3)20-5-2;1-3-8-5-4-6-9(13)10(8)12-16-14-11(7(2)18)15-17-12/h6-8H,3-5H2,1-2H3;4-6H,3H2,1-2H3,(H,14,15)(H,16,17). The number of benzene rings is 2. The summed E-state index contributed by atoms with van der Waals surface area (Å²) in [6.07, 6.45) is 1.35. The van der Waals surface area contributed by atoms with Gasteiger partial charge in [0.25, 0.3) is 0 Å². The molecule has 3 aromatic rings. The van der Waals surface area contributed by atoms with Crippen LogP contribution in [0.2, 0.25) is 0 Å². The number of nitrogens with zero attached hydrogens (tertiary/aromatic N) is 6. The second-order valence-electron chi connectivity index (χ2n) is 7.86. The van der Waals surface area contributed by atoms with Crippen LogP contribution in [-0.2, 0) is 22.4 Å². The lowest BCUT2D eigenvalue weighted by atomic mass is 10.0. The Morgan fingerprint density at radius 2 is 1.45 bits per heavy atom. The molecule has 1 aliphatic heterocycles. The third-order valence-electron chi connectivity index (χ3n) is 5.35. The van der Waals surface area contributed by atoms with Crippen LogP contribution in [0.1, 0.15) is 50.2 Å². The predicted molar refractivity (Wildman–Crippen MR) is 140 cm³/mol. The Morgan fingerprint density at radius 3 is 1.95 bits per heavy atom. The number of carbonyl (C=O) groups is 1. The maximum Gasteiger partial charge on any atom is 0.237 e. The average Bonchev–Trinajstić information content (AvgIpc) is 2.93. The topological polar surface area (TPSA) is 127 Å². The van der Waals surface area contributed by atoms with Gasteiger partial charge in [0.1, 0.15) is 11.6 Å². The van der Waals surface area contributed by atoms with E-state index >= 15 is 0 Å². The fourth-order valence-electron chi connectivity index (χ4n) is 3.46. The Hall–Kier alpha value is -4.61. The highest BCUT2D eigenvalue weighted by atomic mass is 19.1. The van der Waals surface area contributed by atoms with E-state index in [-0.39, 0.29) is 40.7 Å². The number of ether oxygens (including phenoxy) is 1. The van der Waals surface area contributed by atoms with Crippen LogP contribution in [0.4, 0.5) is 8.78 Å². The number of aryl methyl sites for hydroxylation is 2. The van der Waals surface area contributed by atoms with Gasteiger partial charge in [-0.2, -0.15) is 10.2 Å². The van der Waals surface area contributed by atoms with E-state index in [2.05, 4.69) is 48.0 Å². The summed E-state index contributed by atoms with van der Waals surface area (Å²) in [6.45, 7) is 11.2. The summed E-state index contributed by atoms with van der Waals surface area (Å²) in [4.78, 5) is 11.1. The van der Waals surface area contributed by atoms with Crippen molar-refractivity contribution < 1.29 is 18.3 Å². The third kappa shape index (κ3) is 6.58. The summed E-state index contributed by atoms with van der Waals surface area (Å²) in [5.74, 6) is 0.0344. The lowest BCUT2D eigenvalue weighted by Crippen LogP contribution is -2.38. The van der Waals surface area contributed by atoms with Crippen molar-refractivity contribution >= 4 is 23.2 Å². The van der Waals surface area contributed by atoms with Crippen LogP contribution < -0.4 is 10.9 Å². The Bertz CT molecular complexity index is 1370. The van der Waals surface area contributed by atoms with Gasteiger partial charge in [0.2, 0.25) is 17.5 Å². The number of hydrogen-bond acceptors (Lipinski definition) is 10. The third-order valence-corrected chi connectivity index (χ3v) is 5.35. The van der Waals surface area contributed by atoms with Crippen molar-refractivity contribution in [3.63, 3.8) is 0 Å². The number of Topliss-reactive ketones (excluding diaryl/α,β-unsaturated/α-hetero) is 1. The molecule has 1 aliphatic rings. The molecule has 0 saturated carbocycles. The normalized spacial score (nSPS) is 12.2. The Labute approximate surface area is 218 Å². The summed E-state index contributed by atoms with van der Waals surface area (Å²) >= 11 is 0. The molecule has 12 heteroatoms. The largest absolute Gasteiger partial charge is 0.490 e. The average molecular weight is 523 g/mol. The minimum Gasteiger partial charge on any atom is -0.490 e. The van der Waals surface area contributed by atoms with Gasteiger partial charge in [0.05, 0.1) is 17.7 Å². The lowest BCUT2D eigenvalue weighted by molar-refractivity contribution is -0.111. The predicted octanol–water partition coefficient (Wildman–Crippen LogP) is 3.79. The number of aromatic nitrogens is 4. The van der Waals surface area contributed by atoms with Gasteiger partial charge >= 0.3 is 0 Å². The number of nitrogens with one attached hydrogen (secondary N) is 2. The first-order valence-corrected chi connectivity index (χ1v) is 11.9. The van der Waals surface area contributed by atoms with E-state index in [9.17, 15) is 13.6 Å². The van der Waals surface area contributed by atoms with E-state index in [0.29, 0.717) is 36.3 Å². The molecule has 0 atom stereocenters. The van der Waals surface area contributed by atoms with Crippen LogP contribution >= 0.6 is 0 Å². The molecular weight excluding hydrogens is 494 g/mol. The molecule has 38 heavy (non-hydrogen) atoms. The second-order valence-corrected chi connectivity index (χ2v) is 7.86. The first kappa shape index (κ1) is 28.0. The summed E-state index contributed by atoms with van der Waals surface area (Å²) in [7, 11) is 0. The molecule has 0 unspecified atom stereocenters. The maximum atomic E-state index is 13.9. The number of halogens is 2. The van der Waals surface area contributed by atoms with Crippen LogP contribution in [0.5, 0.6) is 0 Å². The van der Waals surface area contributed by atoms with Gasteiger partial charge in [0, 0.05) is 6.92 Å². The number of amidine groups is 2. The molecule has 0 aliphatic carbocycles. The number of hydrazone groups is 2. The van der Waals surface area contributed by atoms with E-state index in [1.54, 1.807) is 12.1 Å². The van der Waals surface area contributed by atoms with E-state index in [0.717, 1.165) is 11.1 Å². The number of hydrogen-bond donors (Lipinski definition) is 2. The van der Waals surface area contributed by atoms with Gasteiger partial charge in [0.15, 0.2) is 17.4 Å². The maximum absolute atomic E-state index is 13.9. The van der Waals surface area contributed by atoms with Crippen LogP contribution in [-0.4, -0.2) is 44.5 Å². The van der Waals surface area contributed by atoms with Crippen molar-refractivity contribution in [3.05, 3.63) is 77.1 Å². The molecular formula is C26H28F2N8O2. The molecule has 0 saturated heterocycles. The summed E-state index contributed by atoms with van der Waals surface area (Å²) in [5.41, 5.74) is 7.45. The SMILES string of the molecule is C=C(OCC)c1nnc(-c2c(F)cccc2CC)nn1.CCc1cccc(F)c1C1=NNC(C(C)=O)=NN1. The van der Waals surface area contributed by atoms with Gasteiger partial charge in [-0.15, -0.1) is 20.4 Å². The fraction of sp³-hybridized carbons (Fsp3) is 0.269. The Balaban J connectivity index is 0.000000212. The highest BCUT2D eigenvalue weighted by Crippen LogP contribution is 2.23. The second kappa shape index (κ2) is 13.1. The monoisotopic (exact) mass is 522 g/mol. The smallest absolute Gasteiger partial charge is 0.237 e. The molecule has 0 radical (unpaired) electrons. The summed E-state index contributed by atoms with van der Waals surface area (Å²) in [5, 5.41) is 23.3. The minimum absolute atomic E-state index is 0.105. The van der Waals surface area contributed by atoms with Gasteiger partial charge in [-0.1, -0.05) is 44.7 Å². The van der Waals surface area contributed by atoms with Gasteiger partial charge < -0.3 is 4.74 Å². The lowest BCUT2D eigenvalue weighted by Gasteiger charge is -2.16.